The molecule has 3 aromatic rings. The van der Waals surface area contributed by atoms with E-state index in [1.165, 1.54) is 0 Å². The lowest BCUT2D eigenvalue weighted by Gasteiger charge is -2.12. The Hall–Kier alpha value is -2.39. The Morgan fingerprint density at radius 3 is 2.45 bits per heavy atom. The first-order valence-corrected chi connectivity index (χ1v) is 6.45. The quantitative estimate of drug-likeness (QED) is 0.790. The van der Waals surface area contributed by atoms with E-state index < -0.39 is 6.10 Å². The second kappa shape index (κ2) is 5.31. The number of benzene rings is 2. The van der Waals surface area contributed by atoms with Crippen LogP contribution in [0.5, 0.6) is 5.75 Å². The maximum Gasteiger partial charge on any atom is 0.121 e. The molecule has 0 aliphatic rings. The van der Waals surface area contributed by atoms with E-state index in [4.69, 9.17) is 4.74 Å². The van der Waals surface area contributed by atoms with Crippen LogP contribution in [0.2, 0.25) is 0 Å². The van der Waals surface area contributed by atoms with Crippen LogP contribution in [0.1, 0.15) is 17.4 Å². The monoisotopic (exact) mass is 265 g/mol. The van der Waals surface area contributed by atoms with Crippen LogP contribution < -0.4 is 4.74 Å². The lowest BCUT2D eigenvalue weighted by atomic mass is 10.0. The molecule has 2 aromatic carbocycles. The molecule has 0 saturated carbocycles. The van der Waals surface area contributed by atoms with Gasteiger partial charge in [-0.3, -0.25) is 0 Å². The molecule has 3 nitrogen and oxygen atoms in total. The highest BCUT2D eigenvalue weighted by molar-refractivity contribution is 5.78. The third-order valence-corrected chi connectivity index (χ3v) is 3.33. The predicted octanol–water partition coefficient (Wildman–Crippen LogP) is 3.33. The second-order valence-corrected chi connectivity index (χ2v) is 4.60. The van der Waals surface area contributed by atoms with Crippen molar-refractivity contribution in [1.29, 1.82) is 0 Å². The van der Waals surface area contributed by atoms with E-state index in [1.54, 1.807) is 7.11 Å². The number of para-hydroxylation sites is 1. The molecule has 0 amide bonds. The van der Waals surface area contributed by atoms with Crippen LogP contribution in [0.3, 0.4) is 0 Å². The normalized spacial score (nSPS) is 12.3. The van der Waals surface area contributed by atoms with Crippen molar-refractivity contribution in [1.82, 2.24) is 4.98 Å². The Morgan fingerprint density at radius 1 is 0.950 bits per heavy atom. The molecule has 0 spiro atoms. The highest BCUT2D eigenvalue weighted by Gasteiger charge is 2.12. The summed E-state index contributed by atoms with van der Waals surface area (Å²) in [6.07, 6.45) is -0.731. The van der Waals surface area contributed by atoms with Gasteiger partial charge in [-0.05, 0) is 29.8 Å². The molecule has 0 bridgehead atoms. The number of nitrogens with zero attached hydrogens (tertiary/aromatic N) is 1. The molecule has 3 rings (SSSR count). The molecule has 0 saturated heterocycles. The Bertz CT molecular complexity index is 722. The number of aliphatic hydroxyl groups is 1. The number of rotatable bonds is 3. The van der Waals surface area contributed by atoms with Gasteiger partial charge in [0.2, 0.25) is 0 Å². The van der Waals surface area contributed by atoms with Gasteiger partial charge in [-0.2, -0.15) is 0 Å². The first-order valence-electron chi connectivity index (χ1n) is 6.45. The van der Waals surface area contributed by atoms with Crippen LogP contribution >= 0.6 is 0 Å². The van der Waals surface area contributed by atoms with Gasteiger partial charge in [0.1, 0.15) is 11.9 Å². The smallest absolute Gasteiger partial charge is 0.121 e. The van der Waals surface area contributed by atoms with Crippen molar-refractivity contribution < 1.29 is 9.84 Å². The summed E-state index contributed by atoms with van der Waals surface area (Å²) >= 11 is 0. The first-order chi connectivity index (χ1) is 9.78. The summed E-state index contributed by atoms with van der Waals surface area (Å²) < 4.78 is 5.12. The van der Waals surface area contributed by atoms with Crippen molar-refractivity contribution in [3.8, 4) is 5.75 Å². The van der Waals surface area contributed by atoms with Crippen LogP contribution in [0.4, 0.5) is 0 Å². The number of aromatic nitrogens is 1. The molecular weight excluding hydrogens is 250 g/mol. The zero-order valence-electron chi connectivity index (χ0n) is 11.2. The van der Waals surface area contributed by atoms with Gasteiger partial charge in [0.15, 0.2) is 0 Å². The number of pyridine rings is 1. The molecule has 0 aliphatic carbocycles. The standard InChI is InChI=1S/C17H15NO2/c1-20-14-9-6-13(7-10-14)17(19)16-11-8-12-4-2-3-5-15(12)18-16/h2-11,17,19H,1H3. The summed E-state index contributed by atoms with van der Waals surface area (Å²) in [5, 5.41) is 11.5. The van der Waals surface area contributed by atoms with Crippen molar-refractivity contribution in [3.05, 3.63) is 71.9 Å². The van der Waals surface area contributed by atoms with E-state index in [2.05, 4.69) is 4.98 Å². The molecule has 1 heterocycles. The fraction of sp³-hybridized carbons (Fsp3) is 0.118. The van der Waals surface area contributed by atoms with Gasteiger partial charge >= 0.3 is 0 Å². The summed E-state index contributed by atoms with van der Waals surface area (Å²) in [6, 6.07) is 19.1. The van der Waals surface area contributed by atoms with Crippen molar-refractivity contribution in [2.75, 3.05) is 7.11 Å². The number of fused-ring (bicyclic) bond motifs is 1. The van der Waals surface area contributed by atoms with Gasteiger partial charge in [0.25, 0.3) is 0 Å². The van der Waals surface area contributed by atoms with Crippen LogP contribution in [-0.2, 0) is 0 Å². The number of methoxy groups -OCH3 is 1. The molecule has 1 unspecified atom stereocenters. The molecule has 1 N–H and O–H groups in total. The Kier molecular flexibility index (Phi) is 3.35. The average Bonchev–Trinajstić information content (AvgIpc) is 2.54. The van der Waals surface area contributed by atoms with E-state index in [0.29, 0.717) is 5.69 Å². The fourth-order valence-corrected chi connectivity index (χ4v) is 2.19. The maximum atomic E-state index is 10.4. The zero-order valence-corrected chi connectivity index (χ0v) is 11.2. The van der Waals surface area contributed by atoms with Gasteiger partial charge in [0.05, 0.1) is 18.3 Å². The lowest BCUT2D eigenvalue weighted by molar-refractivity contribution is 0.215. The minimum absolute atomic E-state index is 0.647. The molecule has 1 atom stereocenters. The fourth-order valence-electron chi connectivity index (χ4n) is 2.19. The highest BCUT2D eigenvalue weighted by Crippen LogP contribution is 2.24. The minimum Gasteiger partial charge on any atom is -0.497 e. The molecule has 20 heavy (non-hydrogen) atoms. The second-order valence-electron chi connectivity index (χ2n) is 4.60. The predicted molar refractivity (Wildman–Crippen MR) is 78.8 cm³/mol. The van der Waals surface area contributed by atoms with Crippen molar-refractivity contribution in [3.63, 3.8) is 0 Å². The van der Waals surface area contributed by atoms with Crippen molar-refractivity contribution >= 4 is 10.9 Å². The maximum absolute atomic E-state index is 10.4. The number of ether oxygens (including phenoxy) is 1. The summed E-state index contributed by atoms with van der Waals surface area (Å²) in [5.41, 5.74) is 2.33. The first kappa shape index (κ1) is 12.6. The molecule has 1 aromatic heterocycles. The third kappa shape index (κ3) is 2.36. The Balaban J connectivity index is 1.96. The van der Waals surface area contributed by atoms with E-state index in [-0.39, 0.29) is 0 Å². The SMILES string of the molecule is COc1ccc(C(O)c2ccc3ccccc3n2)cc1. The molecule has 0 radical (unpaired) electrons. The molecular formula is C17H15NO2. The van der Waals surface area contributed by atoms with E-state index in [1.807, 2.05) is 60.7 Å². The van der Waals surface area contributed by atoms with Gasteiger partial charge in [-0.25, -0.2) is 4.98 Å². The number of aliphatic hydroxyl groups excluding tert-OH is 1. The van der Waals surface area contributed by atoms with E-state index in [9.17, 15) is 5.11 Å². The van der Waals surface area contributed by atoms with E-state index >= 15 is 0 Å². The molecule has 100 valence electrons. The Labute approximate surface area is 117 Å². The van der Waals surface area contributed by atoms with Crippen LogP contribution in [0.25, 0.3) is 10.9 Å². The van der Waals surface area contributed by atoms with Crippen LogP contribution in [0.15, 0.2) is 60.7 Å². The summed E-state index contributed by atoms with van der Waals surface area (Å²) in [7, 11) is 1.62. The Morgan fingerprint density at radius 2 is 1.70 bits per heavy atom. The van der Waals surface area contributed by atoms with Gasteiger partial charge in [-0.15, -0.1) is 0 Å². The van der Waals surface area contributed by atoms with Crippen molar-refractivity contribution in [2.24, 2.45) is 0 Å². The highest BCUT2D eigenvalue weighted by atomic mass is 16.5. The summed E-state index contributed by atoms with van der Waals surface area (Å²) in [5.74, 6) is 0.771. The number of hydrogen-bond acceptors (Lipinski definition) is 3. The van der Waals surface area contributed by atoms with E-state index in [0.717, 1.165) is 22.2 Å². The lowest BCUT2D eigenvalue weighted by Crippen LogP contribution is -2.02. The molecule has 0 fully saturated rings. The van der Waals surface area contributed by atoms with Crippen molar-refractivity contribution in [2.45, 2.75) is 6.10 Å². The summed E-state index contributed by atoms with van der Waals surface area (Å²) in [6.45, 7) is 0. The minimum atomic E-state index is -0.731. The number of hydrogen-bond donors (Lipinski definition) is 1. The largest absolute Gasteiger partial charge is 0.497 e. The molecule has 3 heteroatoms. The average molecular weight is 265 g/mol. The van der Waals surface area contributed by atoms with Gasteiger partial charge in [-0.1, -0.05) is 36.4 Å². The third-order valence-electron chi connectivity index (χ3n) is 3.33. The summed E-state index contributed by atoms with van der Waals surface area (Å²) in [4.78, 5) is 4.51. The molecule has 0 aliphatic heterocycles. The topological polar surface area (TPSA) is 42.4 Å². The zero-order chi connectivity index (χ0) is 13.9. The van der Waals surface area contributed by atoms with Crippen LogP contribution in [-0.4, -0.2) is 17.2 Å². The van der Waals surface area contributed by atoms with Gasteiger partial charge in [0, 0.05) is 5.39 Å². The van der Waals surface area contributed by atoms with Gasteiger partial charge < -0.3 is 9.84 Å². The van der Waals surface area contributed by atoms with Crippen LogP contribution in [0, 0.1) is 0 Å².